The summed E-state index contributed by atoms with van der Waals surface area (Å²) >= 11 is 0. The maximum absolute atomic E-state index is 12.9. The van der Waals surface area contributed by atoms with E-state index >= 15 is 0 Å². The first-order valence-corrected chi connectivity index (χ1v) is 8.19. The molecule has 0 saturated carbocycles. The van der Waals surface area contributed by atoms with Crippen LogP contribution in [0.3, 0.4) is 0 Å². The molecule has 2 rings (SSSR count). The summed E-state index contributed by atoms with van der Waals surface area (Å²) in [6.07, 6.45) is 1.98. The summed E-state index contributed by atoms with van der Waals surface area (Å²) in [7, 11) is 0. The van der Waals surface area contributed by atoms with Crippen LogP contribution in [0.15, 0.2) is 48.5 Å². The molecule has 0 heterocycles. The Morgan fingerprint density at radius 1 is 0.818 bits per heavy atom. The second-order valence-corrected chi connectivity index (χ2v) is 6.83. The van der Waals surface area contributed by atoms with E-state index in [2.05, 4.69) is 33.8 Å². The summed E-state index contributed by atoms with van der Waals surface area (Å²) in [5, 5.41) is 0. The number of hydrogen-bond acceptors (Lipinski definition) is 1. The molecule has 2 aromatic rings. The fourth-order valence-corrected chi connectivity index (χ4v) is 2.87. The quantitative estimate of drug-likeness (QED) is 0.659. The molecule has 0 bridgehead atoms. The van der Waals surface area contributed by atoms with Crippen LogP contribution in [-0.2, 0) is 12.8 Å². The summed E-state index contributed by atoms with van der Waals surface area (Å²) in [5.41, 5.74) is 4.21. The highest BCUT2D eigenvalue weighted by molar-refractivity contribution is 6.10. The lowest BCUT2D eigenvalue weighted by Crippen LogP contribution is -2.11. The normalized spacial score (nSPS) is 11.2. The molecule has 0 aliphatic carbocycles. The van der Waals surface area contributed by atoms with Crippen LogP contribution in [-0.4, -0.2) is 5.78 Å². The Hall–Kier alpha value is -1.89. The molecule has 0 aromatic heterocycles. The highest BCUT2D eigenvalue weighted by Crippen LogP contribution is 2.24. The average Bonchev–Trinajstić information content (AvgIpc) is 2.48. The first-order valence-electron chi connectivity index (χ1n) is 8.19. The van der Waals surface area contributed by atoms with Crippen LogP contribution in [0, 0.1) is 11.8 Å². The molecule has 0 amide bonds. The molecular formula is C21H26O. The zero-order valence-electron chi connectivity index (χ0n) is 14.1. The fourth-order valence-electron chi connectivity index (χ4n) is 2.87. The summed E-state index contributed by atoms with van der Waals surface area (Å²) in [6, 6.07) is 15.8. The summed E-state index contributed by atoms with van der Waals surface area (Å²) in [4.78, 5) is 12.9. The standard InChI is InChI=1S/C21H26O/c1-15(2)13-18-11-8-12-19(20(18)14-16(3)4)21(22)17-9-6-5-7-10-17/h5-12,15-16H,13-14H2,1-4H3. The average molecular weight is 294 g/mol. The van der Waals surface area contributed by atoms with E-state index in [9.17, 15) is 4.79 Å². The van der Waals surface area contributed by atoms with Gasteiger partial charge in [-0.05, 0) is 35.8 Å². The molecule has 0 unspecified atom stereocenters. The van der Waals surface area contributed by atoms with E-state index in [1.807, 2.05) is 42.5 Å². The van der Waals surface area contributed by atoms with Gasteiger partial charge in [-0.2, -0.15) is 0 Å². The lowest BCUT2D eigenvalue weighted by atomic mass is 9.87. The van der Waals surface area contributed by atoms with E-state index in [4.69, 9.17) is 0 Å². The maximum atomic E-state index is 12.9. The van der Waals surface area contributed by atoms with E-state index < -0.39 is 0 Å². The minimum atomic E-state index is 0.141. The molecule has 116 valence electrons. The van der Waals surface area contributed by atoms with Gasteiger partial charge in [-0.3, -0.25) is 4.79 Å². The molecule has 1 nitrogen and oxygen atoms in total. The predicted octanol–water partition coefficient (Wildman–Crippen LogP) is 5.31. The van der Waals surface area contributed by atoms with Crippen molar-refractivity contribution < 1.29 is 4.79 Å². The van der Waals surface area contributed by atoms with Crippen LogP contribution in [0.5, 0.6) is 0 Å². The third-order valence-electron chi connectivity index (χ3n) is 3.79. The molecule has 0 spiro atoms. The smallest absolute Gasteiger partial charge is 0.193 e. The van der Waals surface area contributed by atoms with E-state index in [1.54, 1.807) is 0 Å². The molecule has 0 fully saturated rings. The third-order valence-corrected chi connectivity index (χ3v) is 3.79. The van der Waals surface area contributed by atoms with Gasteiger partial charge < -0.3 is 0 Å². The van der Waals surface area contributed by atoms with Crippen molar-refractivity contribution in [3.05, 3.63) is 70.8 Å². The largest absolute Gasteiger partial charge is 0.289 e. The topological polar surface area (TPSA) is 17.1 Å². The number of carbonyl (C=O) groups excluding carboxylic acids is 1. The van der Waals surface area contributed by atoms with Gasteiger partial charge in [0, 0.05) is 11.1 Å². The minimum absolute atomic E-state index is 0.141. The van der Waals surface area contributed by atoms with Crippen molar-refractivity contribution >= 4 is 5.78 Å². The molecule has 0 radical (unpaired) electrons. The molecule has 0 atom stereocenters. The zero-order valence-corrected chi connectivity index (χ0v) is 14.1. The van der Waals surface area contributed by atoms with Crippen LogP contribution in [0.25, 0.3) is 0 Å². The summed E-state index contributed by atoms with van der Waals surface area (Å²) < 4.78 is 0. The van der Waals surface area contributed by atoms with Crippen molar-refractivity contribution in [1.82, 2.24) is 0 Å². The minimum Gasteiger partial charge on any atom is -0.289 e. The van der Waals surface area contributed by atoms with Crippen LogP contribution in [0.4, 0.5) is 0 Å². The van der Waals surface area contributed by atoms with Crippen molar-refractivity contribution in [2.24, 2.45) is 11.8 Å². The van der Waals surface area contributed by atoms with Gasteiger partial charge >= 0.3 is 0 Å². The van der Waals surface area contributed by atoms with Gasteiger partial charge in [-0.15, -0.1) is 0 Å². The van der Waals surface area contributed by atoms with Gasteiger partial charge in [0.1, 0.15) is 0 Å². The van der Waals surface area contributed by atoms with Gasteiger partial charge in [-0.25, -0.2) is 0 Å². The Morgan fingerprint density at radius 2 is 1.45 bits per heavy atom. The van der Waals surface area contributed by atoms with Crippen molar-refractivity contribution in [2.45, 2.75) is 40.5 Å². The summed E-state index contributed by atoms with van der Waals surface area (Å²) in [5.74, 6) is 1.27. The van der Waals surface area contributed by atoms with Crippen LogP contribution in [0.2, 0.25) is 0 Å². The number of carbonyl (C=O) groups is 1. The summed E-state index contributed by atoms with van der Waals surface area (Å²) in [6.45, 7) is 8.88. The molecule has 0 N–H and O–H groups in total. The van der Waals surface area contributed by atoms with Crippen LogP contribution >= 0.6 is 0 Å². The third kappa shape index (κ3) is 4.07. The molecule has 0 aliphatic heterocycles. The van der Waals surface area contributed by atoms with Crippen LogP contribution in [0.1, 0.15) is 54.7 Å². The van der Waals surface area contributed by atoms with Gasteiger partial charge in [0.25, 0.3) is 0 Å². The second-order valence-electron chi connectivity index (χ2n) is 6.83. The van der Waals surface area contributed by atoms with Crippen molar-refractivity contribution in [3.8, 4) is 0 Å². The van der Waals surface area contributed by atoms with Crippen molar-refractivity contribution in [3.63, 3.8) is 0 Å². The van der Waals surface area contributed by atoms with E-state index in [-0.39, 0.29) is 5.78 Å². The van der Waals surface area contributed by atoms with Gasteiger partial charge in [0.05, 0.1) is 0 Å². The maximum Gasteiger partial charge on any atom is 0.193 e. The first kappa shape index (κ1) is 16.5. The molecule has 2 aromatic carbocycles. The number of ketones is 1. The van der Waals surface area contributed by atoms with Gasteiger partial charge in [0.15, 0.2) is 5.78 Å². The lowest BCUT2D eigenvalue weighted by Gasteiger charge is -2.17. The molecular weight excluding hydrogens is 268 g/mol. The Labute approximate surface area is 134 Å². The highest BCUT2D eigenvalue weighted by Gasteiger charge is 2.17. The Bertz CT molecular complexity index is 624. The Morgan fingerprint density at radius 3 is 2.05 bits per heavy atom. The fraction of sp³-hybridized carbons (Fsp3) is 0.381. The van der Waals surface area contributed by atoms with Gasteiger partial charge in [0.2, 0.25) is 0 Å². The first-order chi connectivity index (χ1) is 10.5. The van der Waals surface area contributed by atoms with Crippen LogP contribution < -0.4 is 0 Å². The second kappa shape index (κ2) is 7.40. The van der Waals surface area contributed by atoms with Gasteiger partial charge in [-0.1, -0.05) is 76.2 Å². The highest BCUT2D eigenvalue weighted by atomic mass is 16.1. The predicted molar refractivity (Wildman–Crippen MR) is 93.4 cm³/mol. The molecule has 0 saturated heterocycles. The number of hydrogen-bond donors (Lipinski definition) is 0. The lowest BCUT2D eigenvalue weighted by molar-refractivity contribution is 0.103. The van der Waals surface area contributed by atoms with Crippen molar-refractivity contribution in [2.75, 3.05) is 0 Å². The number of rotatable bonds is 6. The Balaban J connectivity index is 2.47. The van der Waals surface area contributed by atoms with E-state index in [0.717, 1.165) is 24.0 Å². The van der Waals surface area contributed by atoms with E-state index in [0.29, 0.717) is 11.8 Å². The Kier molecular flexibility index (Phi) is 5.54. The van der Waals surface area contributed by atoms with Crippen molar-refractivity contribution in [1.29, 1.82) is 0 Å². The molecule has 1 heteroatoms. The molecule has 22 heavy (non-hydrogen) atoms. The van der Waals surface area contributed by atoms with E-state index in [1.165, 1.54) is 11.1 Å². The number of benzene rings is 2. The monoisotopic (exact) mass is 294 g/mol. The zero-order chi connectivity index (χ0) is 16.1. The molecule has 0 aliphatic rings. The SMILES string of the molecule is CC(C)Cc1cccc(C(=O)c2ccccc2)c1CC(C)C.